The summed E-state index contributed by atoms with van der Waals surface area (Å²) in [6.07, 6.45) is 1.38. The van der Waals surface area contributed by atoms with Crippen LogP contribution >= 0.6 is 21.6 Å². The highest BCUT2D eigenvalue weighted by Gasteiger charge is 2.34. The maximum atomic E-state index is 12.4. The highest BCUT2D eigenvalue weighted by molar-refractivity contribution is 8.76. The summed E-state index contributed by atoms with van der Waals surface area (Å²) in [5, 5.41) is 0. The molecule has 0 bridgehead atoms. The quantitative estimate of drug-likeness (QED) is 0.234. The van der Waals surface area contributed by atoms with Crippen molar-refractivity contribution in [2.24, 2.45) is 5.41 Å². The second kappa shape index (κ2) is 20.1. The molecule has 0 saturated carbocycles. The molecule has 1 atom stereocenters. The molecule has 7 heteroatoms. The number of rotatable bonds is 14. The van der Waals surface area contributed by atoms with Crippen molar-refractivity contribution in [1.29, 1.82) is 0 Å². The summed E-state index contributed by atoms with van der Waals surface area (Å²) >= 11 is 0. The van der Waals surface area contributed by atoms with Gasteiger partial charge in [-0.05, 0) is 13.3 Å². The highest BCUT2D eigenvalue weighted by atomic mass is 33.1. The van der Waals surface area contributed by atoms with Gasteiger partial charge in [0.05, 0.1) is 12.0 Å². The first-order chi connectivity index (χ1) is 10.5. The van der Waals surface area contributed by atoms with Crippen LogP contribution in [0.3, 0.4) is 0 Å². The Morgan fingerprint density at radius 1 is 0.960 bits per heavy atom. The largest absolute Gasteiger partial charge is 0.465 e. The summed E-state index contributed by atoms with van der Waals surface area (Å²) in [5.74, 6) is 1.55. The maximum Gasteiger partial charge on any atom is 0.305 e. The van der Waals surface area contributed by atoms with Gasteiger partial charge in [-0.2, -0.15) is 0 Å². The molecule has 0 aliphatic rings. The fraction of sp³-hybridized carbons (Fsp3) is 0.889. The predicted molar refractivity (Wildman–Crippen MR) is 112 cm³/mol. The van der Waals surface area contributed by atoms with Crippen molar-refractivity contribution in [2.45, 2.75) is 55.4 Å². The number of carbonyl (C=O) groups is 2. The van der Waals surface area contributed by atoms with Crippen molar-refractivity contribution < 1.29 is 23.8 Å². The zero-order valence-corrected chi connectivity index (χ0v) is 15.6. The van der Waals surface area contributed by atoms with Crippen LogP contribution in [0.1, 0.15) is 55.4 Å². The monoisotopic (exact) mass is 400 g/mol. The molecular formula is C18H40O5S2. The molecule has 154 valence electrons. The van der Waals surface area contributed by atoms with Crippen molar-refractivity contribution in [3.05, 3.63) is 0 Å². The van der Waals surface area contributed by atoms with Gasteiger partial charge < -0.3 is 14.2 Å². The van der Waals surface area contributed by atoms with Crippen LogP contribution in [0, 0.1) is 5.41 Å². The van der Waals surface area contributed by atoms with E-state index in [-0.39, 0.29) is 47.2 Å². The summed E-state index contributed by atoms with van der Waals surface area (Å²) in [7, 11) is 6.57. The van der Waals surface area contributed by atoms with E-state index in [0.29, 0.717) is 25.9 Å². The molecule has 0 heterocycles. The lowest BCUT2D eigenvalue weighted by Crippen LogP contribution is -2.38. The number of ether oxygens (including phenoxy) is 3. The third-order valence-corrected chi connectivity index (χ3v) is 5.51. The van der Waals surface area contributed by atoms with Crippen LogP contribution in [0.2, 0.25) is 0 Å². The average Bonchev–Trinajstić information content (AvgIpc) is 2.50. The van der Waals surface area contributed by atoms with Gasteiger partial charge in [-0.15, -0.1) is 0 Å². The van der Waals surface area contributed by atoms with Gasteiger partial charge in [0.25, 0.3) is 0 Å². The van der Waals surface area contributed by atoms with Crippen LogP contribution in [0.4, 0.5) is 0 Å². The molecule has 0 saturated heterocycles. The van der Waals surface area contributed by atoms with E-state index in [0.717, 1.165) is 11.5 Å². The Balaban J connectivity index is -0.000000735. The molecule has 0 fully saturated rings. The Labute approximate surface area is 163 Å². The number of Topliss-reactive ketones (excluding diaryl/α,β-unsaturated/α-hetero) is 1. The fourth-order valence-corrected chi connectivity index (χ4v) is 3.43. The molecule has 0 aromatic rings. The topological polar surface area (TPSA) is 61.8 Å². The smallest absolute Gasteiger partial charge is 0.305 e. The SMILES string of the molecule is C.C.C.CCSSCCC(=O)C(C)(COC)COC(=O)CCCOC. The van der Waals surface area contributed by atoms with E-state index in [1.807, 2.05) is 0 Å². The Bertz CT molecular complexity index is 327. The molecule has 1 unspecified atom stereocenters. The molecule has 25 heavy (non-hydrogen) atoms. The van der Waals surface area contributed by atoms with Crippen molar-refractivity contribution in [3.8, 4) is 0 Å². The molecule has 0 radical (unpaired) electrons. The Hall–Kier alpha value is -0.240. The highest BCUT2D eigenvalue weighted by Crippen LogP contribution is 2.26. The van der Waals surface area contributed by atoms with Crippen molar-refractivity contribution >= 4 is 33.3 Å². The third kappa shape index (κ3) is 15.7. The zero-order valence-electron chi connectivity index (χ0n) is 14.0. The van der Waals surface area contributed by atoms with Gasteiger partial charge in [-0.1, -0.05) is 50.8 Å². The second-order valence-corrected chi connectivity index (χ2v) is 8.02. The first-order valence-corrected chi connectivity index (χ1v) is 9.90. The van der Waals surface area contributed by atoms with Gasteiger partial charge in [0.2, 0.25) is 0 Å². The van der Waals surface area contributed by atoms with Crippen molar-refractivity contribution in [3.63, 3.8) is 0 Å². The van der Waals surface area contributed by atoms with Crippen molar-refractivity contribution in [1.82, 2.24) is 0 Å². The van der Waals surface area contributed by atoms with Gasteiger partial charge in [-0.3, -0.25) is 9.59 Å². The van der Waals surface area contributed by atoms with E-state index in [1.165, 1.54) is 0 Å². The summed E-state index contributed by atoms with van der Waals surface area (Å²) in [4.78, 5) is 24.0. The molecule has 0 aliphatic carbocycles. The first-order valence-electron chi connectivity index (χ1n) is 7.41. The Morgan fingerprint density at radius 2 is 1.60 bits per heavy atom. The average molecular weight is 401 g/mol. The fourth-order valence-electron chi connectivity index (χ4n) is 1.77. The summed E-state index contributed by atoms with van der Waals surface area (Å²) < 4.78 is 15.3. The molecular weight excluding hydrogens is 360 g/mol. The molecule has 0 aromatic heterocycles. The lowest BCUT2D eigenvalue weighted by Gasteiger charge is -2.26. The molecule has 0 aromatic carbocycles. The number of hydrogen-bond acceptors (Lipinski definition) is 7. The first kappa shape index (κ1) is 32.4. The lowest BCUT2D eigenvalue weighted by atomic mass is 9.86. The zero-order chi connectivity index (χ0) is 16.8. The molecule has 0 N–H and O–H groups in total. The lowest BCUT2D eigenvalue weighted by molar-refractivity contribution is -0.152. The molecule has 0 rings (SSSR count). The Morgan fingerprint density at radius 3 is 2.12 bits per heavy atom. The number of methoxy groups -OCH3 is 2. The summed E-state index contributed by atoms with van der Waals surface area (Å²) in [5.41, 5.74) is -0.775. The number of esters is 1. The number of carbonyl (C=O) groups excluding carboxylic acids is 2. The normalized spacial score (nSPS) is 12.0. The molecule has 0 spiro atoms. The van der Waals surface area contributed by atoms with Gasteiger partial charge in [0, 0.05) is 45.2 Å². The minimum Gasteiger partial charge on any atom is -0.465 e. The van der Waals surface area contributed by atoms with Crippen LogP contribution in [0.25, 0.3) is 0 Å². The summed E-state index contributed by atoms with van der Waals surface area (Å²) in [6.45, 7) is 4.71. The van der Waals surface area contributed by atoms with Gasteiger partial charge in [0.15, 0.2) is 0 Å². The summed E-state index contributed by atoms with van der Waals surface area (Å²) in [6, 6.07) is 0. The van der Waals surface area contributed by atoms with Gasteiger partial charge >= 0.3 is 5.97 Å². The van der Waals surface area contributed by atoms with E-state index in [9.17, 15) is 9.59 Å². The molecule has 0 aliphatic heterocycles. The number of ketones is 1. The van der Waals surface area contributed by atoms with E-state index in [4.69, 9.17) is 14.2 Å². The molecule has 5 nitrogen and oxygen atoms in total. The molecule has 0 amide bonds. The Kier molecular flexibility index (Phi) is 26.0. The van der Waals surface area contributed by atoms with Crippen LogP contribution in [-0.2, 0) is 23.8 Å². The van der Waals surface area contributed by atoms with Gasteiger partial charge in [0.1, 0.15) is 12.4 Å². The minimum absolute atomic E-state index is 0. The predicted octanol–water partition coefficient (Wildman–Crippen LogP) is 4.88. The van der Waals surface area contributed by atoms with E-state index in [1.54, 1.807) is 42.7 Å². The van der Waals surface area contributed by atoms with Crippen molar-refractivity contribution in [2.75, 3.05) is 45.5 Å². The van der Waals surface area contributed by atoms with E-state index >= 15 is 0 Å². The van der Waals surface area contributed by atoms with Crippen LogP contribution in [-0.4, -0.2) is 57.3 Å². The van der Waals surface area contributed by atoms with Gasteiger partial charge in [-0.25, -0.2) is 0 Å². The number of hydrogen-bond donors (Lipinski definition) is 0. The van der Waals surface area contributed by atoms with E-state index < -0.39 is 5.41 Å². The van der Waals surface area contributed by atoms with Crippen LogP contribution < -0.4 is 0 Å². The third-order valence-electron chi connectivity index (χ3n) is 3.03. The van der Waals surface area contributed by atoms with Crippen LogP contribution in [0.5, 0.6) is 0 Å². The maximum absolute atomic E-state index is 12.4. The minimum atomic E-state index is -0.775. The van der Waals surface area contributed by atoms with E-state index in [2.05, 4.69) is 6.92 Å². The second-order valence-electron chi connectivity index (χ2n) is 5.15. The standard InChI is InChI=1S/C15H28O5S2.3CH4/c1-5-21-22-10-8-13(16)15(2,11-19-4)12-20-14(17)7-6-9-18-3;;;/h5-12H2,1-4H3;3*1H4. The van der Waals surface area contributed by atoms with Crippen LogP contribution in [0.15, 0.2) is 0 Å².